The standard InChI is InChI=1S/C19H24N6O2/c1-12-8-14(10-26)27-18(12)25-11-22-15-16(20-2)23-19(24-17(15)25)21-9-13-6-4-3-5-7-13/h3-7,11-12,14,18,26H,8-10H2,1-2H3,(H2,20,21,23,24). The van der Waals surface area contributed by atoms with Crippen LogP contribution in [0.15, 0.2) is 36.7 Å². The van der Waals surface area contributed by atoms with E-state index in [4.69, 9.17) is 4.74 Å². The van der Waals surface area contributed by atoms with Gasteiger partial charge in [0.25, 0.3) is 0 Å². The molecule has 0 spiro atoms. The number of benzene rings is 1. The summed E-state index contributed by atoms with van der Waals surface area (Å²) in [6.07, 6.45) is 2.20. The summed E-state index contributed by atoms with van der Waals surface area (Å²) in [6, 6.07) is 10.1. The molecule has 8 nitrogen and oxygen atoms in total. The number of rotatable bonds is 6. The Morgan fingerprint density at radius 3 is 2.78 bits per heavy atom. The molecule has 0 saturated carbocycles. The summed E-state index contributed by atoms with van der Waals surface area (Å²) < 4.78 is 7.93. The smallest absolute Gasteiger partial charge is 0.227 e. The van der Waals surface area contributed by atoms with Crippen LogP contribution in [-0.4, -0.2) is 44.4 Å². The summed E-state index contributed by atoms with van der Waals surface area (Å²) in [5.41, 5.74) is 2.56. The highest BCUT2D eigenvalue weighted by atomic mass is 16.5. The number of nitrogens with one attached hydrogen (secondary N) is 2. The van der Waals surface area contributed by atoms with Crippen LogP contribution in [0.3, 0.4) is 0 Å². The normalized spacial score (nSPS) is 22.3. The number of ether oxygens (including phenoxy) is 1. The molecule has 1 aliphatic heterocycles. The second-order valence-corrected chi connectivity index (χ2v) is 6.85. The van der Waals surface area contributed by atoms with Crippen LogP contribution in [0.5, 0.6) is 0 Å². The number of anilines is 2. The van der Waals surface area contributed by atoms with Crippen molar-refractivity contribution in [1.29, 1.82) is 0 Å². The van der Waals surface area contributed by atoms with Crippen molar-refractivity contribution in [3.63, 3.8) is 0 Å². The molecule has 3 unspecified atom stereocenters. The van der Waals surface area contributed by atoms with Crippen molar-refractivity contribution < 1.29 is 9.84 Å². The Kier molecular flexibility index (Phi) is 4.91. The minimum absolute atomic E-state index is 0.0219. The zero-order valence-corrected chi connectivity index (χ0v) is 15.5. The Bertz CT molecular complexity index is 913. The van der Waals surface area contributed by atoms with Gasteiger partial charge in [0.15, 0.2) is 17.0 Å². The van der Waals surface area contributed by atoms with Crippen molar-refractivity contribution in [3.05, 3.63) is 42.2 Å². The summed E-state index contributed by atoms with van der Waals surface area (Å²) in [5.74, 6) is 1.45. The van der Waals surface area contributed by atoms with Crippen LogP contribution < -0.4 is 10.6 Å². The Balaban J connectivity index is 1.66. The van der Waals surface area contributed by atoms with E-state index in [1.807, 2.05) is 29.8 Å². The Hall–Kier alpha value is -2.71. The minimum Gasteiger partial charge on any atom is -0.394 e. The van der Waals surface area contributed by atoms with Crippen molar-refractivity contribution in [2.45, 2.75) is 32.2 Å². The van der Waals surface area contributed by atoms with Crippen LogP contribution in [0.1, 0.15) is 25.1 Å². The molecule has 0 bridgehead atoms. The number of imidazole rings is 1. The molecule has 142 valence electrons. The van der Waals surface area contributed by atoms with Gasteiger partial charge in [-0.25, -0.2) is 4.98 Å². The van der Waals surface area contributed by atoms with Gasteiger partial charge in [-0.2, -0.15) is 9.97 Å². The summed E-state index contributed by atoms with van der Waals surface area (Å²) in [4.78, 5) is 13.7. The van der Waals surface area contributed by atoms with Crippen LogP contribution in [0.2, 0.25) is 0 Å². The molecular weight excluding hydrogens is 344 g/mol. The number of hydrogen-bond acceptors (Lipinski definition) is 7. The average molecular weight is 368 g/mol. The second kappa shape index (κ2) is 7.50. The van der Waals surface area contributed by atoms with Crippen LogP contribution in [-0.2, 0) is 11.3 Å². The number of aliphatic hydroxyl groups is 1. The summed E-state index contributed by atoms with van der Waals surface area (Å²) in [5, 5.41) is 15.8. The first kappa shape index (κ1) is 17.7. The number of fused-ring (bicyclic) bond motifs is 1. The fourth-order valence-corrected chi connectivity index (χ4v) is 3.51. The molecule has 4 rings (SSSR count). The molecule has 1 fully saturated rings. The van der Waals surface area contributed by atoms with Crippen molar-refractivity contribution in [2.75, 3.05) is 24.3 Å². The van der Waals surface area contributed by atoms with Gasteiger partial charge in [-0.3, -0.25) is 4.57 Å². The van der Waals surface area contributed by atoms with E-state index >= 15 is 0 Å². The van der Waals surface area contributed by atoms with E-state index in [9.17, 15) is 5.11 Å². The average Bonchev–Trinajstić information content (AvgIpc) is 3.29. The fourth-order valence-electron chi connectivity index (χ4n) is 3.51. The Morgan fingerprint density at radius 2 is 2.07 bits per heavy atom. The Morgan fingerprint density at radius 1 is 1.26 bits per heavy atom. The topological polar surface area (TPSA) is 97.1 Å². The van der Waals surface area contributed by atoms with Gasteiger partial charge in [-0.05, 0) is 12.0 Å². The van der Waals surface area contributed by atoms with Gasteiger partial charge in [0.1, 0.15) is 6.23 Å². The molecule has 27 heavy (non-hydrogen) atoms. The number of aliphatic hydroxyl groups excluding tert-OH is 1. The third-order valence-electron chi connectivity index (χ3n) is 4.88. The second-order valence-electron chi connectivity index (χ2n) is 6.85. The van der Waals surface area contributed by atoms with Gasteiger partial charge < -0.3 is 20.5 Å². The highest BCUT2D eigenvalue weighted by molar-refractivity contribution is 5.84. The maximum atomic E-state index is 9.42. The molecule has 0 aliphatic carbocycles. The van der Waals surface area contributed by atoms with Gasteiger partial charge in [0.2, 0.25) is 5.95 Å². The van der Waals surface area contributed by atoms with Crippen LogP contribution in [0.25, 0.3) is 11.2 Å². The third-order valence-corrected chi connectivity index (χ3v) is 4.88. The SMILES string of the molecule is CNc1nc(NCc2ccccc2)nc2c1ncn2C1OC(CO)CC1C. The molecule has 8 heteroatoms. The molecule has 3 heterocycles. The zero-order chi connectivity index (χ0) is 18.8. The van der Waals surface area contributed by atoms with Crippen molar-refractivity contribution >= 4 is 22.9 Å². The number of hydrogen-bond donors (Lipinski definition) is 3. The molecular formula is C19H24N6O2. The van der Waals surface area contributed by atoms with E-state index in [0.717, 1.165) is 12.0 Å². The molecule has 0 radical (unpaired) electrons. The predicted octanol–water partition coefficient (Wildman–Crippen LogP) is 2.40. The lowest BCUT2D eigenvalue weighted by atomic mass is 10.1. The lowest BCUT2D eigenvalue weighted by Gasteiger charge is -2.17. The first-order valence-corrected chi connectivity index (χ1v) is 9.16. The Labute approximate surface area is 157 Å². The molecule has 0 amide bonds. The molecule has 3 N–H and O–H groups in total. The summed E-state index contributed by atoms with van der Waals surface area (Å²) in [6.45, 7) is 2.77. The van der Waals surface area contributed by atoms with Crippen molar-refractivity contribution in [2.24, 2.45) is 5.92 Å². The minimum atomic E-state index is -0.200. The van der Waals surface area contributed by atoms with Gasteiger partial charge >= 0.3 is 0 Å². The van der Waals surface area contributed by atoms with Gasteiger partial charge in [-0.1, -0.05) is 37.3 Å². The molecule has 2 aromatic heterocycles. The molecule has 1 aliphatic rings. The van der Waals surface area contributed by atoms with Gasteiger partial charge in [0.05, 0.1) is 19.0 Å². The quantitative estimate of drug-likeness (QED) is 0.615. The molecule has 3 aromatic rings. The van der Waals surface area contributed by atoms with E-state index in [1.165, 1.54) is 0 Å². The van der Waals surface area contributed by atoms with Crippen molar-refractivity contribution in [3.8, 4) is 0 Å². The largest absolute Gasteiger partial charge is 0.394 e. The first-order valence-electron chi connectivity index (χ1n) is 9.16. The summed E-state index contributed by atoms with van der Waals surface area (Å²) in [7, 11) is 1.82. The predicted molar refractivity (Wildman–Crippen MR) is 103 cm³/mol. The zero-order valence-electron chi connectivity index (χ0n) is 15.5. The number of aromatic nitrogens is 4. The van der Waals surface area contributed by atoms with Crippen LogP contribution in [0.4, 0.5) is 11.8 Å². The maximum Gasteiger partial charge on any atom is 0.227 e. The van der Waals surface area contributed by atoms with Gasteiger partial charge in [-0.15, -0.1) is 0 Å². The van der Waals surface area contributed by atoms with Crippen molar-refractivity contribution in [1.82, 2.24) is 19.5 Å². The first-order chi connectivity index (χ1) is 13.2. The highest BCUT2D eigenvalue weighted by Crippen LogP contribution is 2.36. The highest BCUT2D eigenvalue weighted by Gasteiger charge is 2.34. The summed E-state index contributed by atoms with van der Waals surface area (Å²) >= 11 is 0. The maximum absolute atomic E-state index is 9.42. The number of nitrogens with zero attached hydrogens (tertiary/aromatic N) is 4. The van der Waals surface area contributed by atoms with Crippen LogP contribution in [0, 0.1) is 5.92 Å². The van der Waals surface area contributed by atoms with E-state index in [-0.39, 0.29) is 24.9 Å². The lowest BCUT2D eigenvalue weighted by molar-refractivity contribution is -0.0294. The molecule has 3 atom stereocenters. The fraction of sp³-hybridized carbons (Fsp3) is 0.421. The van der Waals surface area contributed by atoms with E-state index in [1.54, 1.807) is 6.33 Å². The molecule has 1 saturated heterocycles. The van der Waals surface area contributed by atoms with E-state index in [0.29, 0.717) is 29.5 Å². The monoisotopic (exact) mass is 368 g/mol. The lowest BCUT2D eigenvalue weighted by Crippen LogP contribution is -2.16. The third kappa shape index (κ3) is 3.45. The van der Waals surface area contributed by atoms with E-state index < -0.39 is 0 Å². The van der Waals surface area contributed by atoms with Gasteiger partial charge in [0, 0.05) is 19.5 Å². The van der Waals surface area contributed by atoms with E-state index in [2.05, 4.69) is 44.6 Å². The molecule has 1 aromatic carbocycles. The van der Waals surface area contributed by atoms with Crippen LogP contribution >= 0.6 is 0 Å².